The molecule has 0 unspecified atom stereocenters. The molecule has 1 saturated carbocycles. The molecule has 0 bridgehead atoms. The van der Waals surface area contributed by atoms with Gasteiger partial charge in [0.1, 0.15) is 11.6 Å². The molecule has 0 atom stereocenters. The first-order valence-electron chi connectivity index (χ1n) is 6.72. The highest BCUT2D eigenvalue weighted by Crippen LogP contribution is 2.38. The number of nitrogens with zero attached hydrogens (tertiary/aromatic N) is 1. The van der Waals surface area contributed by atoms with Crippen molar-refractivity contribution in [2.75, 3.05) is 30.5 Å². The Morgan fingerprint density at radius 1 is 1.22 bits per heavy atom. The Morgan fingerprint density at radius 2 is 1.94 bits per heavy atom. The van der Waals surface area contributed by atoms with Gasteiger partial charge in [0.15, 0.2) is 0 Å². The Labute approximate surface area is 114 Å². The lowest BCUT2D eigenvalue weighted by Gasteiger charge is -2.36. The molecule has 100 valence electrons. The lowest BCUT2D eigenvalue weighted by Crippen LogP contribution is -2.35. The van der Waals surface area contributed by atoms with Crippen LogP contribution in [0.25, 0.3) is 0 Å². The quantitative estimate of drug-likeness (QED) is 0.853. The highest BCUT2D eigenvalue weighted by Gasteiger charge is 2.30. The van der Waals surface area contributed by atoms with E-state index in [9.17, 15) is 0 Å². The number of thioether (sulfide) groups is 1. The van der Waals surface area contributed by atoms with Crippen molar-refractivity contribution in [2.24, 2.45) is 0 Å². The zero-order chi connectivity index (χ0) is 12.8. The smallest absolute Gasteiger partial charge is 0.128 e. The van der Waals surface area contributed by atoms with Gasteiger partial charge in [0.05, 0.1) is 0 Å². The summed E-state index contributed by atoms with van der Waals surface area (Å²) in [5, 5.41) is 6.58. The van der Waals surface area contributed by atoms with E-state index < -0.39 is 0 Å². The van der Waals surface area contributed by atoms with Crippen molar-refractivity contribution < 1.29 is 0 Å². The van der Waals surface area contributed by atoms with Crippen LogP contribution in [0.2, 0.25) is 0 Å². The lowest BCUT2D eigenvalue weighted by atomic mass is 9.88. The van der Waals surface area contributed by atoms with Gasteiger partial charge in [0.25, 0.3) is 0 Å². The van der Waals surface area contributed by atoms with Gasteiger partial charge in [-0.15, -0.1) is 0 Å². The zero-order valence-corrected chi connectivity index (χ0v) is 12.1. The molecule has 0 radical (unpaired) electrons. The minimum atomic E-state index is 0.412. The largest absolute Gasteiger partial charge is 0.373 e. The van der Waals surface area contributed by atoms with Crippen molar-refractivity contribution in [2.45, 2.75) is 36.9 Å². The van der Waals surface area contributed by atoms with Gasteiger partial charge in [-0.2, -0.15) is 11.8 Å². The molecule has 1 aliphatic rings. The van der Waals surface area contributed by atoms with Gasteiger partial charge < -0.3 is 10.6 Å². The minimum absolute atomic E-state index is 0.412. The molecule has 4 heteroatoms. The molecular weight excluding hydrogens is 242 g/mol. The van der Waals surface area contributed by atoms with E-state index in [1.54, 1.807) is 0 Å². The van der Waals surface area contributed by atoms with Crippen LogP contribution in [0.4, 0.5) is 11.6 Å². The summed E-state index contributed by atoms with van der Waals surface area (Å²) in [7, 11) is 1.90. The predicted molar refractivity (Wildman–Crippen MR) is 81.6 cm³/mol. The van der Waals surface area contributed by atoms with Crippen LogP contribution in [0.15, 0.2) is 18.2 Å². The number of hydrogen-bond acceptors (Lipinski definition) is 4. The molecule has 1 fully saturated rings. The third-order valence-electron chi connectivity index (χ3n) is 3.79. The lowest BCUT2D eigenvalue weighted by molar-refractivity contribution is 0.411. The average Bonchev–Trinajstić information content (AvgIpc) is 2.46. The van der Waals surface area contributed by atoms with Gasteiger partial charge in [0, 0.05) is 18.3 Å². The molecule has 18 heavy (non-hydrogen) atoms. The van der Waals surface area contributed by atoms with Crippen LogP contribution in [0.1, 0.15) is 32.1 Å². The number of pyridine rings is 1. The van der Waals surface area contributed by atoms with E-state index >= 15 is 0 Å². The first kappa shape index (κ1) is 13.5. The monoisotopic (exact) mass is 265 g/mol. The number of nitrogens with one attached hydrogen (secondary N) is 2. The number of anilines is 2. The summed E-state index contributed by atoms with van der Waals surface area (Å²) in [6, 6.07) is 6.06. The number of hydrogen-bond donors (Lipinski definition) is 2. The van der Waals surface area contributed by atoms with E-state index in [-0.39, 0.29) is 0 Å². The average molecular weight is 265 g/mol. The second-order valence-corrected chi connectivity index (χ2v) is 6.23. The number of aromatic nitrogens is 1. The second-order valence-electron chi connectivity index (χ2n) is 4.96. The normalized spacial score (nSPS) is 18.3. The molecule has 1 aromatic rings. The summed E-state index contributed by atoms with van der Waals surface area (Å²) in [5.41, 5.74) is 0. The molecule has 1 aromatic heterocycles. The van der Waals surface area contributed by atoms with Crippen LogP contribution in [-0.4, -0.2) is 29.6 Å². The Bertz CT molecular complexity index is 375. The van der Waals surface area contributed by atoms with Crippen LogP contribution in [0.3, 0.4) is 0 Å². The van der Waals surface area contributed by atoms with Gasteiger partial charge in [-0.05, 0) is 31.2 Å². The molecule has 2 rings (SSSR count). The highest BCUT2D eigenvalue weighted by atomic mass is 32.2. The summed E-state index contributed by atoms with van der Waals surface area (Å²) in [4.78, 5) is 4.51. The van der Waals surface area contributed by atoms with Crippen molar-refractivity contribution in [3.63, 3.8) is 0 Å². The predicted octanol–water partition coefficient (Wildman–Crippen LogP) is 3.60. The summed E-state index contributed by atoms with van der Waals surface area (Å²) in [5.74, 6) is 1.89. The first-order valence-corrected chi connectivity index (χ1v) is 7.94. The maximum atomic E-state index is 4.51. The fourth-order valence-corrected chi connectivity index (χ4v) is 3.49. The first-order chi connectivity index (χ1) is 8.78. The van der Waals surface area contributed by atoms with Gasteiger partial charge in [-0.3, -0.25) is 0 Å². The fraction of sp³-hybridized carbons (Fsp3) is 0.643. The molecule has 0 saturated heterocycles. The zero-order valence-electron chi connectivity index (χ0n) is 11.3. The molecular formula is C14H23N3S. The Kier molecular flexibility index (Phi) is 4.75. The van der Waals surface area contributed by atoms with Crippen LogP contribution in [0, 0.1) is 0 Å². The maximum absolute atomic E-state index is 4.51. The molecule has 3 nitrogen and oxygen atoms in total. The minimum Gasteiger partial charge on any atom is -0.373 e. The van der Waals surface area contributed by atoms with E-state index in [2.05, 4.69) is 21.9 Å². The van der Waals surface area contributed by atoms with Crippen molar-refractivity contribution in [3.05, 3.63) is 18.2 Å². The summed E-state index contributed by atoms with van der Waals surface area (Å²) in [6.45, 7) is 1.02. The summed E-state index contributed by atoms with van der Waals surface area (Å²) in [6.07, 6.45) is 9.03. The third-order valence-corrected chi connectivity index (χ3v) is 5.21. The summed E-state index contributed by atoms with van der Waals surface area (Å²) >= 11 is 2.02. The molecule has 0 aromatic carbocycles. The van der Waals surface area contributed by atoms with Crippen LogP contribution in [-0.2, 0) is 0 Å². The van der Waals surface area contributed by atoms with E-state index in [1.807, 2.05) is 37.0 Å². The SMILES string of the molecule is CNc1cccc(NCC2(SC)CCCCC2)n1. The van der Waals surface area contributed by atoms with Gasteiger partial charge in [0.2, 0.25) is 0 Å². The van der Waals surface area contributed by atoms with Crippen molar-refractivity contribution in [1.29, 1.82) is 0 Å². The molecule has 1 aliphatic carbocycles. The Morgan fingerprint density at radius 3 is 2.61 bits per heavy atom. The molecule has 0 aliphatic heterocycles. The topological polar surface area (TPSA) is 37.0 Å². The van der Waals surface area contributed by atoms with Crippen LogP contribution in [0.5, 0.6) is 0 Å². The third kappa shape index (κ3) is 3.31. The standard InChI is InChI=1S/C14H23N3S/c1-15-12-7-6-8-13(17-12)16-11-14(18-2)9-4-3-5-10-14/h6-8H,3-5,9-11H2,1-2H3,(H2,15,16,17). The van der Waals surface area contributed by atoms with Gasteiger partial charge in [-0.1, -0.05) is 25.3 Å². The maximum Gasteiger partial charge on any atom is 0.128 e. The molecule has 2 N–H and O–H groups in total. The van der Waals surface area contributed by atoms with Crippen molar-refractivity contribution in [1.82, 2.24) is 4.98 Å². The van der Waals surface area contributed by atoms with E-state index in [0.29, 0.717) is 4.75 Å². The van der Waals surface area contributed by atoms with Crippen LogP contribution >= 0.6 is 11.8 Å². The molecule has 0 amide bonds. The van der Waals surface area contributed by atoms with Crippen LogP contribution < -0.4 is 10.6 Å². The Hall–Kier alpha value is -0.900. The Balaban J connectivity index is 1.96. The number of rotatable bonds is 5. The van der Waals surface area contributed by atoms with Gasteiger partial charge in [-0.25, -0.2) is 4.98 Å². The van der Waals surface area contributed by atoms with E-state index in [0.717, 1.165) is 18.2 Å². The highest BCUT2D eigenvalue weighted by molar-refractivity contribution is 8.00. The van der Waals surface area contributed by atoms with Crippen molar-refractivity contribution in [3.8, 4) is 0 Å². The van der Waals surface area contributed by atoms with Gasteiger partial charge >= 0.3 is 0 Å². The summed E-state index contributed by atoms with van der Waals surface area (Å²) < 4.78 is 0.412. The second kappa shape index (κ2) is 6.32. The van der Waals surface area contributed by atoms with E-state index in [4.69, 9.17) is 0 Å². The molecule has 0 spiro atoms. The van der Waals surface area contributed by atoms with E-state index in [1.165, 1.54) is 32.1 Å². The fourth-order valence-electron chi connectivity index (χ4n) is 2.57. The molecule has 1 heterocycles. The van der Waals surface area contributed by atoms with Crippen molar-refractivity contribution >= 4 is 23.4 Å².